The lowest BCUT2D eigenvalue weighted by Crippen LogP contribution is -2.54. The zero-order valence-electron chi connectivity index (χ0n) is 11.5. The van der Waals surface area contributed by atoms with Gasteiger partial charge in [-0.25, -0.2) is 0 Å². The van der Waals surface area contributed by atoms with Crippen molar-refractivity contribution in [3.05, 3.63) is 35.4 Å². The summed E-state index contributed by atoms with van der Waals surface area (Å²) in [6.07, 6.45) is 0.339. The zero-order valence-corrected chi connectivity index (χ0v) is 11.5. The Labute approximate surface area is 117 Å². The molecule has 1 aromatic rings. The van der Waals surface area contributed by atoms with Gasteiger partial charge in [-0.1, -0.05) is 18.2 Å². The highest BCUT2D eigenvalue weighted by Crippen LogP contribution is 2.29. The minimum atomic E-state index is -0.935. The molecule has 0 radical (unpaired) electrons. The van der Waals surface area contributed by atoms with Gasteiger partial charge in [0.05, 0.1) is 6.42 Å². The summed E-state index contributed by atoms with van der Waals surface area (Å²) in [6.45, 7) is 3.44. The third kappa shape index (κ3) is 2.57. The van der Waals surface area contributed by atoms with E-state index in [4.69, 9.17) is 5.11 Å². The summed E-state index contributed by atoms with van der Waals surface area (Å²) < 4.78 is 0. The third-order valence-corrected chi connectivity index (χ3v) is 3.60. The quantitative estimate of drug-likeness (QED) is 0.851. The minimum absolute atomic E-state index is 0.0777. The Kier molecular flexibility index (Phi) is 3.61. The van der Waals surface area contributed by atoms with Gasteiger partial charge in [0.25, 0.3) is 5.91 Å². The van der Waals surface area contributed by atoms with Crippen molar-refractivity contribution < 1.29 is 19.5 Å². The lowest BCUT2D eigenvalue weighted by Gasteiger charge is -2.39. The lowest BCUT2D eigenvalue weighted by atomic mass is 9.90. The maximum Gasteiger partial charge on any atom is 0.303 e. The van der Waals surface area contributed by atoms with Gasteiger partial charge >= 0.3 is 5.97 Å². The Morgan fingerprint density at radius 1 is 1.30 bits per heavy atom. The van der Waals surface area contributed by atoms with Crippen molar-refractivity contribution in [1.82, 2.24) is 4.90 Å². The predicted molar refractivity (Wildman–Crippen MR) is 72.3 cm³/mol. The number of fused-ring (bicyclic) bond motifs is 1. The molecule has 0 bridgehead atoms. The number of benzene rings is 1. The van der Waals surface area contributed by atoms with Crippen LogP contribution in [0.3, 0.4) is 0 Å². The maximum atomic E-state index is 12.5. The van der Waals surface area contributed by atoms with Gasteiger partial charge in [0, 0.05) is 17.5 Å². The van der Waals surface area contributed by atoms with Gasteiger partial charge in [0.2, 0.25) is 5.91 Å². The number of imide groups is 1. The largest absolute Gasteiger partial charge is 0.481 e. The molecule has 5 heteroatoms. The summed E-state index contributed by atoms with van der Waals surface area (Å²) in [4.78, 5) is 36.6. The molecule has 2 rings (SSSR count). The Hall–Kier alpha value is -2.17. The molecule has 0 saturated heterocycles. The summed E-state index contributed by atoms with van der Waals surface area (Å²) in [6, 6.07) is 7.02. The highest BCUT2D eigenvalue weighted by Gasteiger charge is 2.40. The third-order valence-electron chi connectivity index (χ3n) is 3.60. The van der Waals surface area contributed by atoms with Gasteiger partial charge in [-0.15, -0.1) is 0 Å². The molecule has 0 saturated carbocycles. The first kappa shape index (κ1) is 14.2. The first-order valence-electron chi connectivity index (χ1n) is 6.50. The van der Waals surface area contributed by atoms with Crippen molar-refractivity contribution in [3.8, 4) is 0 Å². The number of nitrogens with zero attached hydrogens (tertiary/aromatic N) is 1. The Bertz CT molecular complexity index is 577. The Balaban J connectivity index is 2.31. The van der Waals surface area contributed by atoms with Gasteiger partial charge in [0.15, 0.2) is 0 Å². The van der Waals surface area contributed by atoms with E-state index in [1.165, 1.54) is 4.90 Å². The second kappa shape index (κ2) is 5.07. The monoisotopic (exact) mass is 275 g/mol. The lowest BCUT2D eigenvalue weighted by molar-refractivity contribution is -0.139. The highest BCUT2D eigenvalue weighted by atomic mass is 16.4. The van der Waals surface area contributed by atoms with Gasteiger partial charge in [0.1, 0.15) is 0 Å². The van der Waals surface area contributed by atoms with E-state index in [2.05, 4.69) is 0 Å². The van der Waals surface area contributed by atoms with Gasteiger partial charge in [-0.2, -0.15) is 0 Å². The van der Waals surface area contributed by atoms with Crippen LogP contribution in [0.5, 0.6) is 0 Å². The molecular formula is C15H17NO4. The van der Waals surface area contributed by atoms with Crippen molar-refractivity contribution in [2.24, 2.45) is 0 Å². The normalized spacial score (nSPS) is 15.2. The fourth-order valence-corrected chi connectivity index (χ4v) is 2.50. The molecule has 1 heterocycles. The van der Waals surface area contributed by atoms with Crippen molar-refractivity contribution in [3.63, 3.8) is 0 Å². The molecule has 20 heavy (non-hydrogen) atoms. The fourth-order valence-electron chi connectivity index (χ4n) is 2.50. The van der Waals surface area contributed by atoms with E-state index in [1.807, 2.05) is 0 Å². The van der Waals surface area contributed by atoms with E-state index in [0.717, 1.165) is 5.56 Å². The molecule has 0 aromatic heterocycles. The summed E-state index contributed by atoms with van der Waals surface area (Å²) >= 11 is 0. The van der Waals surface area contributed by atoms with Crippen LogP contribution in [0.15, 0.2) is 24.3 Å². The van der Waals surface area contributed by atoms with Crippen LogP contribution >= 0.6 is 0 Å². The molecule has 1 aliphatic rings. The average Bonchev–Trinajstić information content (AvgIpc) is 2.36. The van der Waals surface area contributed by atoms with Crippen molar-refractivity contribution in [2.75, 3.05) is 0 Å². The number of amides is 2. The summed E-state index contributed by atoms with van der Waals surface area (Å²) in [5.41, 5.74) is 0.448. The number of carbonyl (C=O) groups is 3. The summed E-state index contributed by atoms with van der Waals surface area (Å²) in [5, 5.41) is 8.78. The number of carboxylic acids is 1. The van der Waals surface area contributed by atoms with Gasteiger partial charge in [-0.05, 0) is 31.9 Å². The maximum absolute atomic E-state index is 12.5. The van der Waals surface area contributed by atoms with Crippen LogP contribution in [-0.2, 0) is 16.0 Å². The molecule has 1 aromatic carbocycles. The van der Waals surface area contributed by atoms with Crippen LogP contribution in [0.4, 0.5) is 0 Å². The van der Waals surface area contributed by atoms with Gasteiger partial charge in [-0.3, -0.25) is 19.3 Å². The van der Waals surface area contributed by atoms with E-state index in [1.54, 1.807) is 38.1 Å². The van der Waals surface area contributed by atoms with Crippen LogP contribution in [0, 0.1) is 0 Å². The second-order valence-corrected chi connectivity index (χ2v) is 5.57. The smallest absolute Gasteiger partial charge is 0.303 e. The van der Waals surface area contributed by atoms with Crippen molar-refractivity contribution in [2.45, 2.75) is 38.6 Å². The zero-order chi connectivity index (χ0) is 14.9. The minimum Gasteiger partial charge on any atom is -0.481 e. The van der Waals surface area contributed by atoms with E-state index in [9.17, 15) is 14.4 Å². The molecular weight excluding hydrogens is 258 g/mol. The van der Waals surface area contributed by atoms with Crippen molar-refractivity contribution in [1.29, 1.82) is 0 Å². The number of rotatable bonds is 4. The van der Waals surface area contributed by atoms with Crippen LogP contribution in [0.25, 0.3) is 0 Å². The van der Waals surface area contributed by atoms with Crippen LogP contribution in [-0.4, -0.2) is 33.3 Å². The molecule has 0 unspecified atom stereocenters. The Morgan fingerprint density at radius 3 is 2.60 bits per heavy atom. The average molecular weight is 275 g/mol. The van der Waals surface area contributed by atoms with Gasteiger partial charge < -0.3 is 5.11 Å². The first-order chi connectivity index (χ1) is 9.33. The fraction of sp³-hybridized carbons (Fsp3) is 0.400. The van der Waals surface area contributed by atoms with Crippen LogP contribution < -0.4 is 0 Å². The SMILES string of the molecule is CC(C)(CCC(=O)O)N1C(=O)Cc2ccccc2C1=O. The van der Waals surface area contributed by atoms with E-state index in [-0.39, 0.29) is 31.1 Å². The molecule has 106 valence electrons. The number of hydrogen-bond acceptors (Lipinski definition) is 3. The van der Waals surface area contributed by atoms with E-state index < -0.39 is 11.5 Å². The second-order valence-electron chi connectivity index (χ2n) is 5.57. The van der Waals surface area contributed by atoms with Crippen molar-refractivity contribution >= 4 is 17.8 Å². The van der Waals surface area contributed by atoms with Crippen LogP contribution in [0.1, 0.15) is 42.6 Å². The van der Waals surface area contributed by atoms with E-state index in [0.29, 0.717) is 5.56 Å². The van der Waals surface area contributed by atoms with Crippen LogP contribution in [0.2, 0.25) is 0 Å². The summed E-state index contributed by atoms with van der Waals surface area (Å²) in [7, 11) is 0. The number of hydrogen-bond donors (Lipinski definition) is 1. The highest BCUT2D eigenvalue weighted by molar-refractivity contribution is 6.10. The number of carboxylic acid groups (broad SMARTS) is 1. The summed E-state index contributed by atoms with van der Waals surface area (Å²) in [5.74, 6) is -1.55. The molecule has 0 atom stereocenters. The molecule has 1 N–H and O–H groups in total. The Morgan fingerprint density at radius 2 is 1.95 bits per heavy atom. The number of carbonyl (C=O) groups excluding carboxylic acids is 2. The number of aliphatic carboxylic acids is 1. The molecule has 2 amide bonds. The predicted octanol–water partition coefficient (Wildman–Crippen LogP) is 1.85. The standard InChI is InChI=1S/C15H17NO4/c1-15(2,8-7-13(18)19)16-12(17)9-10-5-3-4-6-11(10)14(16)20/h3-6H,7-9H2,1-2H3,(H,18,19). The van der Waals surface area contributed by atoms with E-state index >= 15 is 0 Å². The molecule has 0 aliphatic carbocycles. The molecule has 0 spiro atoms. The topological polar surface area (TPSA) is 74.7 Å². The first-order valence-corrected chi connectivity index (χ1v) is 6.50. The molecule has 0 fully saturated rings. The molecule has 5 nitrogen and oxygen atoms in total. The molecule has 1 aliphatic heterocycles.